The molecule has 0 bridgehead atoms. The van der Waals surface area contributed by atoms with Crippen molar-refractivity contribution in [2.45, 2.75) is 33.1 Å². The molecule has 0 aromatic heterocycles. The number of carbonyl (C=O) groups is 1. The van der Waals surface area contributed by atoms with Crippen LogP contribution in [-0.4, -0.2) is 13.1 Å². The van der Waals surface area contributed by atoms with Gasteiger partial charge in [-0.1, -0.05) is 26.0 Å². The average molecular weight is 170 g/mol. The van der Waals surface area contributed by atoms with Gasteiger partial charge in [-0.3, -0.25) is 4.79 Å². The summed E-state index contributed by atoms with van der Waals surface area (Å²) >= 11 is 0. The molecule has 0 heterocycles. The highest BCUT2D eigenvalue weighted by Crippen LogP contribution is 2.07. The summed E-state index contributed by atoms with van der Waals surface area (Å²) in [7, 11) is 1.43. The lowest BCUT2D eigenvalue weighted by Crippen LogP contribution is -2.11. The van der Waals surface area contributed by atoms with E-state index in [-0.39, 0.29) is 11.9 Å². The molecule has 70 valence electrons. The minimum atomic E-state index is -0.111. The zero-order valence-electron chi connectivity index (χ0n) is 8.17. The van der Waals surface area contributed by atoms with Gasteiger partial charge < -0.3 is 4.74 Å². The molecule has 0 rings (SSSR count). The molecule has 0 saturated heterocycles. The lowest BCUT2D eigenvalue weighted by Gasteiger charge is -2.05. The van der Waals surface area contributed by atoms with Gasteiger partial charge in [-0.05, 0) is 19.3 Å². The molecule has 0 aliphatic carbocycles. The van der Waals surface area contributed by atoms with E-state index in [9.17, 15) is 4.79 Å². The zero-order valence-corrected chi connectivity index (χ0v) is 8.17. The summed E-state index contributed by atoms with van der Waals surface area (Å²) in [6, 6.07) is 0. The average Bonchev–Trinajstić information content (AvgIpc) is 2.10. The van der Waals surface area contributed by atoms with E-state index in [1.54, 1.807) is 0 Å². The van der Waals surface area contributed by atoms with Gasteiger partial charge in [0.2, 0.25) is 0 Å². The molecule has 2 heteroatoms. The number of esters is 1. The Morgan fingerprint density at radius 2 is 2.17 bits per heavy atom. The maximum absolute atomic E-state index is 10.9. The number of rotatable bonds is 5. The van der Waals surface area contributed by atoms with Gasteiger partial charge in [0, 0.05) is 0 Å². The lowest BCUT2D eigenvalue weighted by molar-refractivity contribution is -0.144. The fourth-order valence-electron chi connectivity index (χ4n) is 0.950. The molecule has 1 unspecified atom stereocenters. The molecule has 0 saturated carbocycles. The Morgan fingerprint density at radius 3 is 2.67 bits per heavy atom. The van der Waals surface area contributed by atoms with Crippen molar-refractivity contribution in [2.24, 2.45) is 5.92 Å². The summed E-state index contributed by atoms with van der Waals surface area (Å²) in [6.45, 7) is 3.99. The summed E-state index contributed by atoms with van der Waals surface area (Å²) in [5.74, 6) is -0.0867. The summed E-state index contributed by atoms with van der Waals surface area (Å²) < 4.78 is 4.61. The van der Waals surface area contributed by atoms with Crippen molar-refractivity contribution in [2.75, 3.05) is 7.11 Å². The molecule has 2 nitrogen and oxygen atoms in total. The van der Waals surface area contributed by atoms with Gasteiger partial charge in [0.1, 0.15) is 0 Å². The van der Waals surface area contributed by atoms with Crippen molar-refractivity contribution < 1.29 is 9.53 Å². The van der Waals surface area contributed by atoms with E-state index in [0.717, 1.165) is 19.3 Å². The quantitative estimate of drug-likeness (QED) is 0.468. The van der Waals surface area contributed by atoms with E-state index in [1.807, 2.05) is 6.92 Å². The predicted octanol–water partition coefficient (Wildman–Crippen LogP) is 2.54. The van der Waals surface area contributed by atoms with Gasteiger partial charge in [-0.2, -0.15) is 0 Å². The molecule has 0 spiro atoms. The van der Waals surface area contributed by atoms with E-state index in [2.05, 4.69) is 23.8 Å². The maximum atomic E-state index is 10.9. The topological polar surface area (TPSA) is 26.3 Å². The van der Waals surface area contributed by atoms with E-state index in [0.29, 0.717) is 0 Å². The van der Waals surface area contributed by atoms with Crippen LogP contribution in [0.15, 0.2) is 12.2 Å². The third-order valence-corrected chi connectivity index (χ3v) is 1.77. The molecule has 0 aromatic carbocycles. The SMILES string of the molecule is CCC=CCCC(C)C(=O)OC. The van der Waals surface area contributed by atoms with Crippen molar-refractivity contribution in [1.29, 1.82) is 0 Å². The second kappa shape index (κ2) is 6.89. The highest BCUT2D eigenvalue weighted by molar-refractivity contribution is 5.71. The van der Waals surface area contributed by atoms with Crippen LogP contribution >= 0.6 is 0 Å². The predicted molar refractivity (Wildman–Crippen MR) is 49.8 cm³/mol. The first-order valence-electron chi connectivity index (χ1n) is 4.45. The maximum Gasteiger partial charge on any atom is 0.308 e. The highest BCUT2D eigenvalue weighted by atomic mass is 16.5. The monoisotopic (exact) mass is 170 g/mol. The molecule has 0 radical (unpaired) electrons. The molecule has 0 aromatic rings. The van der Waals surface area contributed by atoms with Crippen LogP contribution in [0.1, 0.15) is 33.1 Å². The van der Waals surface area contributed by atoms with Gasteiger partial charge in [0.15, 0.2) is 0 Å². The first-order chi connectivity index (χ1) is 5.72. The van der Waals surface area contributed by atoms with Gasteiger partial charge in [-0.25, -0.2) is 0 Å². The van der Waals surface area contributed by atoms with E-state index >= 15 is 0 Å². The number of ether oxygens (including phenoxy) is 1. The first-order valence-corrected chi connectivity index (χ1v) is 4.45. The molecule has 0 amide bonds. The van der Waals surface area contributed by atoms with E-state index < -0.39 is 0 Å². The number of allylic oxidation sites excluding steroid dienone is 2. The van der Waals surface area contributed by atoms with Crippen molar-refractivity contribution in [3.8, 4) is 0 Å². The van der Waals surface area contributed by atoms with Crippen molar-refractivity contribution in [3.63, 3.8) is 0 Å². The second-order valence-corrected chi connectivity index (χ2v) is 2.88. The Hall–Kier alpha value is -0.790. The fraction of sp³-hybridized carbons (Fsp3) is 0.700. The first kappa shape index (κ1) is 11.2. The van der Waals surface area contributed by atoms with Gasteiger partial charge in [-0.15, -0.1) is 0 Å². The van der Waals surface area contributed by atoms with Crippen molar-refractivity contribution >= 4 is 5.97 Å². The molecule has 0 aliphatic heterocycles. The van der Waals surface area contributed by atoms with Crippen molar-refractivity contribution in [3.05, 3.63) is 12.2 Å². The van der Waals surface area contributed by atoms with Crippen LogP contribution in [0.2, 0.25) is 0 Å². The summed E-state index contributed by atoms with van der Waals surface area (Å²) in [6.07, 6.45) is 7.13. The van der Waals surface area contributed by atoms with Crippen LogP contribution in [0.25, 0.3) is 0 Å². The number of hydrogen-bond donors (Lipinski definition) is 0. The Bertz CT molecular complexity index is 150. The third-order valence-electron chi connectivity index (χ3n) is 1.77. The Morgan fingerprint density at radius 1 is 1.50 bits per heavy atom. The van der Waals surface area contributed by atoms with E-state index in [1.165, 1.54) is 7.11 Å². The van der Waals surface area contributed by atoms with Gasteiger partial charge in [0.05, 0.1) is 13.0 Å². The Kier molecular flexibility index (Phi) is 6.44. The lowest BCUT2D eigenvalue weighted by atomic mass is 10.1. The zero-order chi connectivity index (χ0) is 9.40. The Labute approximate surface area is 74.6 Å². The van der Waals surface area contributed by atoms with Crippen LogP contribution in [0.3, 0.4) is 0 Å². The normalized spacial score (nSPS) is 13.2. The Balaban J connectivity index is 3.50. The van der Waals surface area contributed by atoms with Gasteiger partial charge in [0.25, 0.3) is 0 Å². The minimum Gasteiger partial charge on any atom is -0.469 e. The number of carbonyl (C=O) groups excluding carboxylic acids is 1. The van der Waals surface area contributed by atoms with Gasteiger partial charge >= 0.3 is 5.97 Å². The molecule has 0 aliphatic rings. The van der Waals surface area contributed by atoms with Crippen molar-refractivity contribution in [1.82, 2.24) is 0 Å². The van der Waals surface area contributed by atoms with Crippen LogP contribution < -0.4 is 0 Å². The third kappa shape index (κ3) is 4.94. The summed E-state index contributed by atoms with van der Waals surface area (Å²) in [4.78, 5) is 10.9. The van der Waals surface area contributed by atoms with E-state index in [4.69, 9.17) is 0 Å². The van der Waals surface area contributed by atoms with Crippen LogP contribution in [0.5, 0.6) is 0 Å². The minimum absolute atomic E-state index is 0.0245. The summed E-state index contributed by atoms with van der Waals surface area (Å²) in [5.41, 5.74) is 0. The molecule has 0 fully saturated rings. The molecule has 1 atom stereocenters. The summed E-state index contributed by atoms with van der Waals surface area (Å²) in [5, 5.41) is 0. The largest absolute Gasteiger partial charge is 0.469 e. The smallest absolute Gasteiger partial charge is 0.308 e. The van der Waals surface area contributed by atoms with Crippen LogP contribution in [-0.2, 0) is 9.53 Å². The van der Waals surface area contributed by atoms with Crippen LogP contribution in [0, 0.1) is 5.92 Å². The molecule has 12 heavy (non-hydrogen) atoms. The standard InChI is InChI=1S/C10H18O2/c1-4-5-6-7-8-9(2)10(11)12-3/h5-6,9H,4,7-8H2,1-3H3. The molecular weight excluding hydrogens is 152 g/mol. The molecular formula is C10H18O2. The number of hydrogen-bond acceptors (Lipinski definition) is 2. The highest BCUT2D eigenvalue weighted by Gasteiger charge is 2.10. The second-order valence-electron chi connectivity index (χ2n) is 2.88. The molecule has 0 N–H and O–H groups in total. The fourth-order valence-corrected chi connectivity index (χ4v) is 0.950. The number of methoxy groups -OCH3 is 1. The van der Waals surface area contributed by atoms with Crippen LogP contribution in [0.4, 0.5) is 0 Å².